The molecule has 0 atom stereocenters. The Morgan fingerprint density at radius 2 is 1.75 bits per heavy atom. The van der Waals surface area contributed by atoms with Gasteiger partial charge in [-0.25, -0.2) is 19.4 Å². The number of anilines is 3. The van der Waals surface area contributed by atoms with Crippen LogP contribution in [0.25, 0.3) is 0 Å². The number of ether oxygens (including phenoxy) is 1. The smallest absolute Gasteiger partial charge is 0.228 e. The van der Waals surface area contributed by atoms with Crippen LogP contribution in [-0.2, 0) is 4.74 Å². The number of halogens is 1. The van der Waals surface area contributed by atoms with Gasteiger partial charge in [0.25, 0.3) is 0 Å². The van der Waals surface area contributed by atoms with Gasteiger partial charge in [0.2, 0.25) is 5.90 Å². The number of para-hydroxylation sites is 1. The van der Waals surface area contributed by atoms with E-state index in [0.717, 1.165) is 24.4 Å². The maximum absolute atomic E-state index is 13.7. The van der Waals surface area contributed by atoms with Gasteiger partial charge in [0, 0.05) is 26.1 Å². The van der Waals surface area contributed by atoms with Crippen LogP contribution in [0.3, 0.4) is 0 Å². The number of aldehydes is 1. The van der Waals surface area contributed by atoms with Gasteiger partial charge in [0.1, 0.15) is 35.2 Å². The van der Waals surface area contributed by atoms with E-state index < -0.39 is 5.82 Å². The minimum Gasteiger partial charge on any atom is -0.425 e. The maximum Gasteiger partial charge on any atom is 0.228 e. The SMILES string of the molecule is CC(=N)OC(=N)c1c(N)ncnc1N.CCCC(=Nc1cccc(F)c1C=O)N(C)c1ccccc1. The third-order valence-electron chi connectivity index (χ3n) is 4.79. The number of carbonyl (C=O) groups excluding carboxylic acids is 1. The number of aromatic nitrogens is 2. The molecule has 36 heavy (non-hydrogen) atoms. The average Bonchev–Trinajstić information content (AvgIpc) is 2.84. The molecule has 0 aliphatic rings. The monoisotopic (exact) mass is 492 g/mol. The number of rotatable bonds is 6. The van der Waals surface area contributed by atoms with Gasteiger partial charge >= 0.3 is 0 Å². The van der Waals surface area contributed by atoms with E-state index >= 15 is 0 Å². The second-order valence-corrected chi connectivity index (χ2v) is 7.47. The first-order chi connectivity index (χ1) is 17.2. The van der Waals surface area contributed by atoms with Crippen LogP contribution in [0.5, 0.6) is 0 Å². The molecule has 11 heteroatoms. The molecule has 188 valence electrons. The molecular weight excluding hydrogens is 463 g/mol. The highest BCUT2D eigenvalue weighted by molar-refractivity contribution is 6.04. The third-order valence-corrected chi connectivity index (χ3v) is 4.79. The quantitative estimate of drug-likeness (QED) is 0.222. The highest BCUT2D eigenvalue weighted by Crippen LogP contribution is 2.23. The molecule has 0 saturated heterocycles. The van der Waals surface area contributed by atoms with E-state index in [1.54, 1.807) is 12.1 Å². The highest BCUT2D eigenvalue weighted by Gasteiger charge is 2.14. The fourth-order valence-electron chi connectivity index (χ4n) is 3.05. The summed E-state index contributed by atoms with van der Waals surface area (Å²) >= 11 is 0. The van der Waals surface area contributed by atoms with Crippen molar-refractivity contribution in [1.82, 2.24) is 9.97 Å². The van der Waals surface area contributed by atoms with E-state index in [1.807, 2.05) is 42.3 Å². The lowest BCUT2D eigenvalue weighted by Gasteiger charge is -2.21. The van der Waals surface area contributed by atoms with Crippen molar-refractivity contribution in [3.8, 4) is 0 Å². The van der Waals surface area contributed by atoms with Gasteiger partial charge in [-0.05, 0) is 30.7 Å². The second-order valence-electron chi connectivity index (χ2n) is 7.47. The van der Waals surface area contributed by atoms with Crippen molar-refractivity contribution in [2.24, 2.45) is 4.99 Å². The van der Waals surface area contributed by atoms with Crippen molar-refractivity contribution >= 4 is 46.9 Å². The molecule has 0 amide bonds. The van der Waals surface area contributed by atoms with Gasteiger partial charge < -0.3 is 21.1 Å². The van der Waals surface area contributed by atoms with Crippen LogP contribution in [0.2, 0.25) is 0 Å². The molecule has 10 nitrogen and oxygen atoms in total. The normalized spacial score (nSPS) is 10.6. The molecule has 0 aliphatic carbocycles. The van der Waals surface area contributed by atoms with Gasteiger partial charge in [-0.15, -0.1) is 0 Å². The number of nitrogen functional groups attached to an aromatic ring is 2. The first-order valence-electron chi connectivity index (χ1n) is 11.0. The summed E-state index contributed by atoms with van der Waals surface area (Å²) in [7, 11) is 1.92. The van der Waals surface area contributed by atoms with Gasteiger partial charge in [-0.1, -0.05) is 31.2 Å². The fourth-order valence-corrected chi connectivity index (χ4v) is 3.05. The van der Waals surface area contributed by atoms with E-state index in [2.05, 4.69) is 21.9 Å². The number of hydrogen-bond donors (Lipinski definition) is 4. The number of nitrogens with one attached hydrogen (secondary N) is 2. The molecule has 0 radical (unpaired) electrons. The molecule has 6 N–H and O–H groups in total. The molecule has 1 heterocycles. The first-order valence-corrected chi connectivity index (χ1v) is 11.0. The Balaban J connectivity index is 0.000000281. The Hall–Kier alpha value is -4.67. The zero-order valence-electron chi connectivity index (χ0n) is 20.3. The lowest BCUT2D eigenvalue weighted by Crippen LogP contribution is -2.26. The van der Waals surface area contributed by atoms with Crippen LogP contribution in [0.1, 0.15) is 42.6 Å². The molecule has 3 aromatic rings. The molecule has 0 fully saturated rings. The summed E-state index contributed by atoms with van der Waals surface area (Å²) < 4.78 is 18.4. The number of aliphatic imine (C=N–C) groups is 1. The second kappa shape index (κ2) is 13.3. The van der Waals surface area contributed by atoms with Crippen LogP contribution >= 0.6 is 0 Å². The van der Waals surface area contributed by atoms with Crippen LogP contribution in [0.4, 0.5) is 27.4 Å². The van der Waals surface area contributed by atoms with Gasteiger partial charge in [0.15, 0.2) is 12.2 Å². The highest BCUT2D eigenvalue weighted by atomic mass is 19.1. The van der Waals surface area contributed by atoms with E-state index in [1.165, 1.54) is 19.3 Å². The van der Waals surface area contributed by atoms with Crippen molar-refractivity contribution in [1.29, 1.82) is 10.8 Å². The molecule has 0 unspecified atom stereocenters. The predicted molar refractivity (Wildman–Crippen MR) is 141 cm³/mol. The standard InChI is InChI=1S/C18H19FN2O.C7H10N6O/c1-3-8-18(21(2)14-9-5-4-6-10-14)20-17-12-7-11-16(19)15(17)13-22;1-3(8)14-7(11)4-5(9)12-2-13-6(4)10/h4-7,9-13H,3,8H2,1-2H3;2,8,11H,1H3,(H4,9,10,12,13). The summed E-state index contributed by atoms with van der Waals surface area (Å²) in [5.74, 6) is -0.0879. The molecule has 0 aliphatic heterocycles. The van der Waals surface area contributed by atoms with Crippen LogP contribution < -0.4 is 16.4 Å². The first kappa shape index (κ1) is 27.6. The predicted octanol–water partition coefficient (Wildman–Crippen LogP) is 4.58. The summed E-state index contributed by atoms with van der Waals surface area (Å²) in [4.78, 5) is 24.9. The van der Waals surface area contributed by atoms with Crippen molar-refractivity contribution in [3.05, 3.63) is 71.8 Å². The topological polar surface area (TPSA) is 167 Å². The largest absolute Gasteiger partial charge is 0.425 e. The number of hydrogen-bond acceptors (Lipinski definition) is 9. The minimum atomic E-state index is -0.547. The average molecular weight is 493 g/mol. The van der Waals surface area contributed by atoms with E-state index in [-0.39, 0.29) is 34.6 Å². The number of nitrogens with two attached hydrogens (primary N) is 2. The van der Waals surface area contributed by atoms with E-state index in [9.17, 15) is 9.18 Å². The molecule has 0 bridgehead atoms. The van der Waals surface area contributed by atoms with Crippen LogP contribution in [0.15, 0.2) is 59.9 Å². The van der Waals surface area contributed by atoms with Gasteiger partial charge in [-0.3, -0.25) is 15.6 Å². The van der Waals surface area contributed by atoms with Gasteiger partial charge in [-0.2, -0.15) is 0 Å². The molecular formula is C25H29FN8O2. The molecule has 3 rings (SSSR count). The number of nitrogens with zero attached hydrogens (tertiary/aromatic N) is 4. The fraction of sp³-hybridized carbons (Fsp3) is 0.200. The summed E-state index contributed by atoms with van der Waals surface area (Å²) in [6.45, 7) is 3.45. The zero-order chi connectivity index (χ0) is 26.7. The number of benzene rings is 2. The third kappa shape index (κ3) is 7.42. The Morgan fingerprint density at radius 1 is 1.11 bits per heavy atom. The molecule has 2 aromatic carbocycles. The van der Waals surface area contributed by atoms with Crippen molar-refractivity contribution in [2.45, 2.75) is 26.7 Å². The maximum atomic E-state index is 13.7. The van der Waals surface area contributed by atoms with Crippen LogP contribution in [0, 0.1) is 16.6 Å². The van der Waals surface area contributed by atoms with E-state index in [0.29, 0.717) is 12.0 Å². The van der Waals surface area contributed by atoms with E-state index in [4.69, 9.17) is 27.0 Å². The lowest BCUT2D eigenvalue weighted by atomic mass is 10.2. The number of carbonyl (C=O) groups is 1. The molecule has 1 aromatic heterocycles. The molecule has 0 spiro atoms. The van der Waals surface area contributed by atoms with Crippen molar-refractivity contribution in [3.63, 3.8) is 0 Å². The summed E-state index contributed by atoms with van der Waals surface area (Å²) in [5.41, 5.74) is 12.4. The summed E-state index contributed by atoms with van der Waals surface area (Å²) in [6.07, 6.45) is 3.35. The van der Waals surface area contributed by atoms with Crippen molar-refractivity contribution < 1.29 is 13.9 Å². The minimum absolute atomic E-state index is 0.00225. The van der Waals surface area contributed by atoms with Crippen LogP contribution in [-0.4, -0.2) is 40.9 Å². The Kier molecular flexibility index (Phi) is 10.2. The zero-order valence-corrected chi connectivity index (χ0v) is 20.3. The Bertz CT molecular complexity index is 1230. The Labute approximate surface area is 208 Å². The number of amidine groups is 1. The summed E-state index contributed by atoms with van der Waals surface area (Å²) in [5, 5.41) is 14.5. The Morgan fingerprint density at radius 3 is 2.31 bits per heavy atom. The van der Waals surface area contributed by atoms with Crippen molar-refractivity contribution in [2.75, 3.05) is 23.4 Å². The van der Waals surface area contributed by atoms with Gasteiger partial charge in [0.05, 0.1) is 11.3 Å². The summed E-state index contributed by atoms with van der Waals surface area (Å²) in [6, 6.07) is 14.3. The molecule has 0 saturated carbocycles. The lowest BCUT2D eigenvalue weighted by molar-refractivity contribution is 0.112.